The second-order valence-corrected chi connectivity index (χ2v) is 11.0. The van der Waals surface area contributed by atoms with E-state index < -0.39 is 23.5 Å². The Kier molecular flexibility index (Phi) is 9.79. The average Bonchev–Trinajstić information content (AvgIpc) is 3.04. The molecule has 1 spiro atoms. The van der Waals surface area contributed by atoms with Gasteiger partial charge in [-0.2, -0.15) is 0 Å². The van der Waals surface area contributed by atoms with Gasteiger partial charge in [-0.25, -0.2) is 4.39 Å². The molecule has 0 bridgehead atoms. The molecule has 0 saturated carbocycles. The van der Waals surface area contributed by atoms with E-state index in [0.29, 0.717) is 43.9 Å². The molecule has 220 valence electrons. The number of carbonyl (C=O) groups is 2. The number of likely N-dealkylation sites (N-methyl/N-ethyl adjacent to an activating group) is 1. The van der Waals surface area contributed by atoms with Crippen LogP contribution in [0.2, 0.25) is 0 Å². The topological polar surface area (TPSA) is 89.1 Å². The van der Waals surface area contributed by atoms with Crippen molar-refractivity contribution in [2.24, 2.45) is 0 Å². The fourth-order valence-corrected chi connectivity index (χ4v) is 6.04. The molecule has 0 aliphatic carbocycles. The van der Waals surface area contributed by atoms with Crippen LogP contribution in [0.5, 0.6) is 11.5 Å². The van der Waals surface area contributed by atoms with Crippen LogP contribution in [-0.2, 0) is 20.9 Å². The van der Waals surface area contributed by atoms with Crippen LogP contribution in [0.3, 0.4) is 0 Å². The molecular formula is C30H34BrClFN3O5. The van der Waals surface area contributed by atoms with Gasteiger partial charge in [0.15, 0.2) is 11.6 Å². The molecule has 11 heteroatoms. The van der Waals surface area contributed by atoms with Crippen molar-refractivity contribution >= 4 is 56.6 Å². The fourth-order valence-electron chi connectivity index (χ4n) is 5.66. The average molecular weight is 651 g/mol. The highest BCUT2D eigenvalue weighted by Gasteiger charge is 2.52. The number of amides is 2. The lowest BCUT2D eigenvalue weighted by Gasteiger charge is -2.41. The Bertz CT molecular complexity index is 1430. The van der Waals surface area contributed by atoms with Crippen molar-refractivity contribution in [3.8, 4) is 11.5 Å². The molecule has 41 heavy (non-hydrogen) atoms. The number of para-hydroxylation sites is 1. The van der Waals surface area contributed by atoms with Crippen LogP contribution >= 0.6 is 28.3 Å². The number of anilines is 1. The minimum absolute atomic E-state index is 0. The zero-order valence-electron chi connectivity index (χ0n) is 23.2. The predicted molar refractivity (Wildman–Crippen MR) is 162 cm³/mol. The number of rotatable bonds is 7. The van der Waals surface area contributed by atoms with Gasteiger partial charge in [-0.1, -0.05) is 41.1 Å². The summed E-state index contributed by atoms with van der Waals surface area (Å²) in [5, 5.41) is 7.82. The number of benzene rings is 3. The van der Waals surface area contributed by atoms with Crippen LogP contribution in [0.15, 0.2) is 53.0 Å². The molecule has 8 nitrogen and oxygen atoms in total. The van der Waals surface area contributed by atoms with E-state index in [9.17, 15) is 9.59 Å². The minimum atomic E-state index is -1.18. The number of halogens is 3. The summed E-state index contributed by atoms with van der Waals surface area (Å²) < 4.78 is 34.2. The van der Waals surface area contributed by atoms with Gasteiger partial charge in [0.25, 0.3) is 5.91 Å². The Morgan fingerprint density at radius 2 is 1.98 bits per heavy atom. The number of nitrogens with one attached hydrogen (secondary N) is 2. The molecule has 2 aliphatic rings. The van der Waals surface area contributed by atoms with E-state index in [1.807, 2.05) is 37.3 Å². The number of methoxy groups -OCH3 is 1. The van der Waals surface area contributed by atoms with E-state index in [-0.39, 0.29) is 36.5 Å². The van der Waals surface area contributed by atoms with E-state index in [0.717, 1.165) is 20.8 Å². The number of nitrogens with zero attached hydrogens (tertiary/aromatic N) is 1. The molecule has 2 amide bonds. The second kappa shape index (κ2) is 12.9. The number of fused-ring (bicyclic) bond motifs is 2. The first kappa shape index (κ1) is 31.0. The van der Waals surface area contributed by atoms with Gasteiger partial charge < -0.3 is 29.7 Å². The Labute approximate surface area is 253 Å². The minimum Gasteiger partial charge on any atom is -0.496 e. The summed E-state index contributed by atoms with van der Waals surface area (Å²) in [7, 11) is 3.28. The van der Waals surface area contributed by atoms with E-state index in [1.165, 1.54) is 11.0 Å². The highest BCUT2D eigenvalue weighted by atomic mass is 79.9. The van der Waals surface area contributed by atoms with Crippen molar-refractivity contribution < 1.29 is 28.2 Å². The van der Waals surface area contributed by atoms with Crippen molar-refractivity contribution in [1.29, 1.82) is 0 Å². The number of hydrogen-bond donors (Lipinski definition) is 2. The van der Waals surface area contributed by atoms with Gasteiger partial charge >= 0.3 is 0 Å². The van der Waals surface area contributed by atoms with Crippen LogP contribution in [0.4, 0.5) is 10.1 Å². The molecule has 5 rings (SSSR count). The van der Waals surface area contributed by atoms with E-state index in [4.69, 9.17) is 14.2 Å². The van der Waals surface area contributed by atoms with Crippen molar-refractivity contribution in [1.82, 2.24) is 10.6 Å². The van der Waals surface area contributed by atoms with Gasteiger partial charge in [-0.05, 0) is 54.6 Å². The monoisotopic (exact) mass is 649 g/mol. The molecule has 1 fully saturated rings. The first-order valence-corrected chi connectivity index (χ1v) is 14.2. The maximum atomic E-state index is 15.5. The summed E-state index contributed by atoms with van der Waals surface area (Å²) >= 11 is 3.53. The summed E-state index contributed by atoms with van der Waals surface area (Å²) in [5.41, 5.74) is -0.133. The van der Waals surface area contributed by atoms with Crippen LogP contribution in [0.25, 0.3) is 10.8 Å². The molecule has 2 aliphatic heterocycles. The summed E-state index contributed by atoms with van der Waals surface area (Å²) in [6.07, 6.45) is 1.15. The van der Waals surface area contributed by atoms with Gasteiger partial charge in [0, 0.05) is 22.9 Å². The third-order valence-electron chi connectivity index (χ3n) is 7.87. The molecule has 2 N–H and O–H groups in total. The number of hydrogen-bond acceptors (Lipinski definition) is 6. The van der Waals surface area contributed by atoms with E-state index >= 15 is 4.39 Å². The van der Waals surface area contributed by atoms with E-state index in [2.05, 4.69) is 26.6 Å². The van der Waals surface area contributed by atoms with Crippen LogP contribution < -0.4 is 25.0 Å². The standard InChI is InChI=1S/C30H33BrFN3O5.ClH/c1-4-23(33-2)28(36)34-27-29(37)35(17-21-20-10-9-19(31)16-18(20)8-11-25(21)38-3)24-7-5-6-22(32)26(24)40-30(27)12-14-39-15-13-30;/h5-11,16,23,27,33H,4,12-15,17H2,1-3H3,(H,34,36);1H/t23-,27+;/m0./s1. The van der Waals surface area contributed by atoms with Gasteiger partial charge in [0.1, 0.15) is 17.4 Å². The zero-order valence-corrected chi connectivity index (χ0v) is 25.6. The second-order valence-electron chi connectivity index (χ2n) is 10.1. The maximum Gasteiger partial charge on any atom is 0.254 e. The quantitative estimate of drug-likeness (QED) is 0.369. The molecule has 2 atom stereocenters. The Balaban J connectivity index is 0.00000387. The molecular weight excluding hydrogens is 617 g/mol. The van der Waals surface area contributed by atoms with Crippen molar-refractivity contribution in [3.05, 3.63) is 64.4 Å². The van der Waals surface area contributed by atoms with Crippen molar-refractivity contribution in [3.63, 3.8) is 0 Å². The molecule has 2 heterocycles. The van der Waals surface area contributed by atoms with Gasteiger partial charge in [0.2, 0.25) is 5.91 Å². The highest BCUT2D eigenvalue weighted by Crippen LogP contribution is 2.44. The predicted octanol–water partition coefficient (Wildman–Crippen LogP) is 5.13. The third kappa shape index (κ3) is 5.88. The van der Waals surface area contributed by atoms with E-state index in [1.54, 1.807) is 26.3 Å². The summed E-state index contributed by atoms with van der Waals surface area (Å²) in [5.74, 6) is -0.715. The molecule has 1 saturated heterocycles. The Morgan fingerprint density at radius 1 is 1.22 bits per heavy atom. The molecule has 3 aromatic rings. The lowest BCUT2D eigenvalue weighted by atomic mass is 9.84. The SMILES string of the molecule is CC[C@H](NC)C(=O)N[C@@H]1C(=O)N(Cc2c(OC)ccc3cc(Br)ccc23)c2cccc(F)c2OC12CCOCC2.Cl. The first-order chi connectivity index (χ1) is 19.3. The molecule has 0 radical (unpaired) electrons. The third-order valence-corrected chi connectivity index (χ3v) is 8.36. The summed E-state index contributed by atoms with van der Waals surface area (Å²) in [6, 6.07) is 12.6. The van der Waals surface area contributed by atoms with Gasteiger partial charge in [0.05, 0.1) is 38.6 Å². The van der Waals surface area contributed by atoms with Crippen LogP contribution in [-0.4, -0.2) is 56.9 Å². The lowest BCUT2D eigenvalue weighted by molar-refractivity contribution is -0.138. The van der Waals surface area contributed by atoms with Crippen LogP contribution in [0.1, 0.15) is 31.7 Å². The largest absolute Gasteiger partial charge is 0.496 e. The first-order valence-electron chi connectivity index (χ1n) is 13.4. The van der Waals surface area contributed by atoms with Crippen LogP contribution in [0, 0.1) is 5.82 Å². The number of carbonyl (C=O) groups excluding carboxylic acids is 2. The summed E-state index contributed by atoms with van der Waals surface area (Å²) in [6.45, 7) is 2.60. The smallest absolute Gasteiger partial charge is 0.254 e. The Morgan fingerprint density at radius 3 is 2.66 bits per heavy atom. The Hall–Kier alpha value is -2.92. The fraction of sp³-hybridized carbons (Fsp3) is 0.400. The summed E-state index contributed by atoms with van der Waals surface area (Å²) in [4.78, 5) is 29.5. The molecule has 3 aromatic carbocycles. The number of ether oxygens (including phenoxy) is 3. The highest BCUT2D eigenvalue weighted by molar-refractivity contribution is 9.10. The van der Waals surface area contributed by atoms with Gasteiger partial charge in [-0.3, -0.25) is 9.59 Å². The zero-order chi connectivity index (χ0) is 28.4. The van der Waals surface area contributed by atoms with Crippen molar-refractivity contribution in [2.75, 3.05) is 32.3 Å². The molecule has 0 aromatic heterocycles. The van der Waals surface area contributed by atoms with Crippen molar-refractivity contribution in [2.45, 2.75) is 50.4 Å². The maximum absolute atomic E-state index is 15.5. The molecule has 0 unspecified atom stereocenters. The lowest BCUT2D eigenvalue weighted by Crippen LogP contribution is -2.65. The normalized spacial score (nSPS) is 18.6. The van der Waals surface area contributed by atoms with Gasteiger partial charge in [-0.15, -0.1) is 12.4 Å².